The molecule has 72 valence electrons. The van der Waals surface area contributed by atoms with Crippen LogP contribution in [0.15, 0.2) is 12.3 Å². The quantitative estimate of drug-likeness (QED) is 0.710. The second-order valence-corrected chi connectivity index (χ2v) is 3.63. The van der Waals surface area contributed by atoms with Gasteiger partial charge in [-0.3, -0.25) is 0 Å². The molecule has 0 amide bonds. The molecule has 0 radical (unpaired) electrons. The van der Waals surface area contributed by atoms with Crippen molar-refractivity contribution in [1.29, 1.82) is 0 Å². The molecule has 0 bridgehead atoms. The van der Waals surface area contributed by atoms with Crippen molar-refractivity contribution >= 4 is 33.3 Å². The Morgan fingerprint density at radius 3 is 3.14 bits per heavy atom. The Morgan fingerprint density at radius 2 is 2.43 bits per heavy atom. The number of rotatable bonds is 1. The monoisotopic (exact) mass is 209 g/mol. The highest BCUT2D eigenvalue weighted by Gasteiger charge is 2.12. The molecule has 2 aromatic heterocycles. The van der Waals surface area contributed by atoms with Crippen molar-refractivity contribution in [3.63, 3.8) is 0 Å². The zero-order valence-electron chi connectivity index (χ0n) is 7.35. The standard InChI is InChI=1S/C8H7N3O2S/c1-13-8(12)7-11-6-5(14-7)2-4(9)3-10-6/h2-3H,9H2,1H3. The van der Waals surface area contributed by atoms with Crippen LogP contribution in [0.3, 0.4) is 0 Å². The number of carbonyl (C=O) groups excluding carboxylic acids is 1. The molecule has 0 saturated heterocycles. The maximum atomic E-state index is 11.1. The molecule has 0 unspecified atom stereocenters. The van der Waals surface area contributed by atoms with Crippen LogP contribution in [0, 0.1) is 0 Å². The zero-order valence-corrected chi connectivity index (χ0v) is 8.17. The minimum Gasteiger partial charge on any atom is -0.464 e. The van der Waals surface area contributed by atoms with Crippen molar-refractivity contribution in [3.05, 3.63) is 17.3 Å². The Morgan fingerprint density at radius 1 is 1.64 bits per heavy atom. The van der Waals surface area contributed by atoms with Gasteiger partial charge in [0.05, 0.1) is 23.7 Å². The summed E-state index contributed by atoms with van der Waals surface area (Å²) in [4.78, 5) is 19.1. The molecule has 0 spiro atoms. The van der Waals surface area contributed by atoms with Crippen LogP contribution in [0.25, 0.3) is 10.3 Å². The molecule has 0 aliphatic heterocycles. The SMILES string of the molecule is COC(=O)c1nc2ncc(N)cc2s1. The number of nitrogens with two attached hydrogens (primary N) is 1. The molecule has 0 fully saturated rings. The molecule has 0 saturated carbocycles. The molecule has 6 heteroatoms. The number of anilines is 1. The smallest absolute Gasteiger partial charge is 0.367 e. The lowest BCUT2D eigenvalue weighted by atomic mass is 10.4. The number of esters is 1. The van der Waals surface area contributed by atoms with E-state index < -0.39 is 5.97 Å². The molecule has 2 aromatic rings. The van der Waals surface area contributed by atoms with Crippen molar-refractivity contribution < 1.29 is 9.53 Å². The van der Waals surface area contributed by atoms with Crippen LogP contribution in [0.2, 0.25) is 0 Å². The van der Waals surface area contributed by atoms with E-state index in [1.54, 1.807) is 6.07 Å². The number of pyridine rings is 1. The minimum absolute atomic E-state index is 0.292. The Balaban J connectivity index is 2.56. The number of thiazole rings is 1. The summed E-state index contributed by atoms with van der Waals surface area (Å²) in [5.41, 5.74) is 6.61. The number of ether oxygens (including phenoxy) is 1. The summed E-state index contributed by atoms with van der Waals surface area (Å²) < 4.78 is 5.33. The lowest BCUT2D eigenvalue weighted by molar-refractivity contribution is 0.0600. The van der Waals surface area contributed by atoms with Crippen LogP contribution in [0.5, 0.6) is 0 Å². The maximum absolute atomic E-state index is 11.1. The van der Waals surface area contributed by atoms with Gasteiger partial charge in [0.25, 0.3) is 0 Å². The number of hydrogen-bond donors (Lipinski definition) is 1. The molecule has 0 aliphatic carbocycles. The van der Waals surface area contributed by atoms with E-state index in [4.69, 9.17) is 5.73 Å². The van der Waals surface area contributed by atoms with Crippen LogP contribution in [0.1, 0.15) is 9.80 Å². The van der Waals surface area contributed by atoms with Gasteiger partial charge in [0, 0.05) is 0 Å². The van der Waals surface area contributed by atoms with Gasteiger partial charge in [-0.05, 0) is 6.07 Å². The number of carbonyl (C=O) groups is 1. The van der Waals surface area contributed by atoms with E-state index in [2.05, 4.69) is 14.7 Å². The van der Waals surface area contributed by atoms with E-state index >= 15 is 0 Å². The fourth-order valence-electron chi connectivity index (χ4n) is 1.01. The van der Waals surface area contributed by atoms with Gasteiger partial charge in [-0.1, -0.05) is 0 Å². The van der Waals surface area contributed by atoms with Crippen LogP contribution in [-0.2, 0) is 4.74 Å². The van der Waals surface area contributed by atoms with Crippen LogP contribution < -0.4 is 5.73 Å². The van der Waals surface area contributed by atoms with E-state index in [0.29, 0.717) is 16.3 Å². The summed E-state index contributed by atoms with van der Waals surface area (Å²) in [6.45, 7) is 0. The number of nitrogens with zero attached hydrogens (tertiary/aromatic N) is 2. The van der Waals surface area contributed by atoms with Gasteiger partial charge in [-0.15, -0.1) is 11.3 Å². The maximum Gasteiger partial charge on any atom is 0.367 e. The predicted octanol–water partition coefficient (Wildman–Crippen LogP) is 1.06. The molecule has 2 N–H and O–H groups in total. The first-order valence-electron chi connectivity index (χ1n) is 3.81. The van der Waals surface area contributed by atoms with Crippen molar-refractivity contribution in [2.75, 3.05) is 12.8 Å². The highest BCUT2D eigenvalue weighted by molar-refractivity contribution is 7.20. The first kappa shape index (κ1) is 8.89. The third-order valence-corrected chi connectivity index (χ3v) is 2.60. The number of methoxy groups -OCH3 is 1. The van der Waals surface area contributed by atoms with E-state index in [1.807, 2.05) is 0 Å². The second kappa shape index (κ2) is 3.22. The highest BCUT2D eigenvalue weighted by atomic mass is 32.1. The average Bonchev–Trinajstić information content (AvgIpc) is 2.59. The van der Waals surface area contributed by atoms with Crippen molar-refractivity contribution in [3.8, 4) is 0 Å². The minimum atomic E-state index is -0.452. The molecule has 5 nitrogen and oxygen atoms in total. The summed E-state index contributed by atoms with van der Waals surface area (Å²) in [6.07, 6.45) is 1.50. The number of fused-ring (bicyclic) bond motifs is 1. The normalized spacial score (nSPS) is 10.4. The topological polar surface area (TPSA) is 78.1 Å². The van der Waals surface area contributed by atoms with Gasteiger partial charge in [-0.2, -0.15) is 0 Å². The Hall–Kier alpha value is -1.69. The van der Waals surface area contributed by atoms with Crippen molar-refractivity contribution in [2.45, 2.75) is 0 Å². The summed E-state index contributed by atoms with van der Waals surface area (Å²) in [5.74, 6) is -0.452. The van der Waals surface area contributed by atoms with Gasteiger partial charge < -0.3 is 10.5 Å². The molecule has 2 rings (SSSR count). The molecule has 0 aliphatic rings. The predicted molar refractivity (Wildman–Crippen MR) is 53.2 cm³/mol. The molecule has 14 heavy (non-hydrogen) atoms. The van der Waals surface area contributed by atoms with E-state index in [0.717, 1.165) is 4.70 Å². The number of nitrogen functional groups attached to an aromatic ring is 1. The second-order valence-electron chi connectivity index (χ2n) is 2.60. The van der Waals surface area contributed by atoms with Crippen LogP contribution in [-0.4, -0.2) is 23.0 Å². The first-order chi connectivity index (χ1) is 6.70. The summed E-state index contributed by atoms with van der Waals surface area (Å²) >= 11 is 1.22. The van der Waals surface area contributed by atoms with Crippen LogP contribution >= 0.6 is 11.3 Å². The molecule has 0 aromatic carbocycles. The first-order valence-corrected chi connectivity index (χ1v) is 4.62. The molecule has 2 heterocycles. The lowest BCUT2D eigenvalue weighted by Crippen LogP contribution is -1.99. The third kappa shape index (κ3) is 1.39. The van der Waals surface area contributed by atoms with Gasteiger partial charge in [-0.25, -0.2) is 14.8 Å². The molecule has 0 atom stereocenters. The van der Waals surface area contributed by atoms with E-state index in [9.17, 15) is 4.79 Å². The lowest BCUT2D eigenvalue weighted by Gasteiger charge is -1.89. The average molecular weight is 209 g/mol. The Labute approximate surface area is 83.5 Å². The van der Waals surface area contributed by atoms with E-state index in [-0.39, 0.29) is 0 Å². The van der Waals surface area contributed by atoms with E-state index in [1.165, 1.54) is 24.6 Å². The van der Waals surface area contributed by atoms with Gasteiger partial charge in [0.1, 0.15) is 0 Å². The zero-order chi connectivity index (χ0) is 10.1. The van der Waals surface area contributed by atoms with Crippen molar-refractivity contribution in [1.82, 2.24) is 9.97 Å². The van der Waals surface area contributed by atoms with Crippen LogP contribution in [0.4, 0.5) is 5.69 Å². The summed E-state index contributed by atoms with van der Waals surface area (Å²) in [6, 6.07) is 1.73. The highest BCUT2D eigenvalue weighted by Crippen LogP contribution is 2.22. The van der Waals surface area contributed by atoms with Gasteiger partial charge >= 0.3 is 5.97 Å². The Kier molecular flexibility index (Phi) is 2.05. The third-order valence-electron chi connectivity index (χ3n) is 1.63. The Bertz CT molecular complexity index is 494. The number of aromatic nitrogens is 2. The fourth-order valence-corrected chi connectivity index (χ4v) is 1.90. The van der Waals surface area contributed by atoms with Crippen molar-refractivity contribution in [2.24, 2.45) is 0 Å². The number of hydrogen-bond acceptors (Lipinski definition) is 6. The molecular formula is C8H7N3O2S. The fraction of sp³-hybridized carbons (Fsp3) is 0.125. The van der Waals surface area contributed by atoms with Gasteiger partial charge in [0.15, 0.2) is 5.65 Å². The summed E-state index contributed by atoms with van der Waals surface area (Å²) in [7, 11) is 1.32. The largest absolute Gasteiger partial charge is 0.464 e. The van der Waals surface area contributed by atoms with Gasteiger partial charge in [0.2, 0.25) is 5.01 Å². The molecular weight excluding hydrogens is 202 g/mol. The summed E-state index contributed by atoms with van der Waals surface area (Å²) in [5, 5.41) is 0.292.